The maximum absolute atomic E-state index is 13.7. The van der Waals surface area contributed by atoms with Crippen molar-refractivity contribution < 1.29 is 27.5 Å². The van der Waals surface area contributed by atoms with Crippen LogP contribution in [0.1, 0.15) is 73.1 Å². The monoisotopic (exact) mass is 451 g/mol. The third kappa shape index (κ3) is 4.61. The number of amides is 1. The summed E-state index contributed by atoms with van der Waals surface area (Å²) in [5, 5.41) is 0. The van der Waals surface area contributed by atoms with E-state index in [9.17, 15) is 22.8 Å². The van der Waals surface area contributed by atoms with Gasteiger partial charge in [0.05, 0.1) is 17.7 Å². The molecule has 1 amide bonds. The third-order valence-electron chi connectivity index (χ3n) is 6.38. The van der Waals surface area contributed by atoms with E-state index in [-0.39, 0.29) is 35.1 Å². The number of nitrogens with zero attached hydrogens (tertiary/aromatic N) is 3. The molecule has 1 saturated heterocycles. The van der Waals surface area contributed by atoms with Crippen LogP contribution in [-0.2, 0) is 22.8 Å². The number of carbonyl (C=O) groups is 2. The molecule has 0 spiro atoms. The number of aryl methyl sites for hydroxylation is 1. The van der Waals surface area contributed by atoms with Crippen LogP contribution < -0.4 is 0 Å². The normalized spacial score (nSPS) is 17.7. The largest absolute Gasteiger partial charge is 0.466 e. The van der Waals surface area contributed by atoms with Crippen molar-refractivity contribution in [2.75, 3.05) is 19.7 Å². The van der Waals surface area contributed by atoms with Gasteiger partial charge in [-0.1, -0.05) is 6.92 Å². The summed E-state index contributed by atoms with van der Waals surface area (Å²) in [4.78, 5) is 30.7. The van der Waals surface area contributed by atoms with Gasteiger partial charge in [0.2, 0.25) is 0 Å². The first-order chi connectivity index (χ1) is 15.2. The minimum Gasteiger partial charge on any atom is -0.466 e. The average molecular weight is 451 g/mol. The highest BCUT2D eigenvalue weighted by Crippen LogP contribution is 2.44. The second-order valence-corrected chi connectivity index (χ2v) is 8.86. The molecule has 0 radical (unpaired) electrons. The Morgan fingerprint density at radius 3 is 2.44 bits per heavy atom. The van der Waals surface area contributed by atoms with Crippen LogP contribution in [0.15, 0.2) is 12.1 Å². The summed E-state index contributed by atoms with van der Waals surface area (Å²) in [5.74, 6) is -0.298. The number of benzene rings is 1. The Kier molecular flexibility index (Phi) is 6.18. The highest BCUT2D eigenvalue weighted by atomic mass is 19.4. The lowest BCUT2D eigenvalue weighted by atomic mass is 9.93. The van der Waals surface area contributed by atoms with E-state index in [0.717, 1.165) is 19.3 Å². The zero-order valence-electron chi connectivity index (χ0n) is 18.4. The zero-order valence-corrected chi connectivity index (χ0v) is 18.4. The number of halogens is 3. The van der Waals surface area contributed by atoms with E-state index in [4.69, 9.17) is 4.74 Å². The predicted molar refractivity (Wildman–Crippen MR) is 112 cm³/mol. The minimum atomic E-state index is -4.54. The molecule has 1 saturated carbocycles. The molecule has 1 aromatic carbocycles. The van der Waals surface area contributed by atoms with E-state index >= 15 is 0 Å². The summed E-state index contributed by atoms with van der Waals surface area (Å²) in [7, 11) is 1.59. The van der Waals surface area contributed by atoms with E-state index in [0.29, 0.717) is 50.0 Å². The molecule has 0 atom stereocenters. The number of fused-ring (bicyclic) bond motifs is 1. The number of esters is 1. The van der Waals surface area contributed by atoms with Crippen LogP contribution in [-0.4, -0.2) is 46.0 Å². The number of carbonyl (C=O) groups excluding carboxylic acids is 2. The fourth-order valence-electron chi connectivity index (χ4n) is 4.36. The van der Waals surface area contributed by atoms with Gasteiger partial charge in [-0.3, -0.25) is 9.59 Å². The van der Waals surface area contributed by atoms with E-state index in [1.54, 1.807) is 18.0 Å². The Bertz CT molecular complexity index is 1020. The van der Waals surface area contributed by atoms with Crippen molar-refractivity contribution in [2.45, 2.75) is 57.5 Å². The number of piperidine rings is 1. The number of imidazole rings is 1. The third-order valence-corrected chi connectivity index (χ3v) is 6.38. The minimum absolute atomic E-state index is 0.0132. The molecule has 2 heterocycles. The number of rotatable bonds is 6. The van der Waals surface area contributed by atoms with Gasteiger partial charge in [-0.05, 0) is 61.6 Å². The molecule has 0 bridgehead atoms. The summed E-state index contributed by atoms with van der Waals surface area (Å²) in [5.41, 5.74) is 0.0263. The highest BCUT2D eigenvalue weighted by molar-refractivity contribution is 5.96. The number of hydrogen-bond acceptors (Lipinski definition) is 4. The van der Waals surface area contributed by atoms with Crippen LogP contribution >= 0.6 is 0 Å². The molecule has 2 aromatic rings. The maximum atomic E-state index is 13.7. The molecule has 1 aromatic heterocycles. The quantitative estimate of drug-likeness (QED) is 0.599. The Labute approximate surface area is 184 Å². The Morgan fingerprint density at radius 1 is 1.16 bits per heavy atom. The SMILES string of the molecule is CCCOC(=O)CC1CCN(C(=O)c2nc3c(C(F)(F)F)cc(C4CC4)cc3n2C)CC1. The van der Waals surface area contributed by atoms with E-state index in [1.807, 2.05) is 6.92 Å². The average Bonchev–Trinajstić information content (AvgIpc) is 3.55. The Morgan fingerprint density at radius 2 is 1.84 bits per heavy atom. The lowest BCUT2D eigenvalue weighted by Crippen LogP contribution is -2.40. The van der Waals surface area contributed by atoms with Gasteiger partial charge >= 0.3 is 12.1 Å². The van der Waals surface area contributed by atoms with Crippen LogP contribution in [0.2, 0.25) is 0 Å². The van der Waals surface area contributed by atoms with Crippen molar-refractivity contribution in [1.82, 2.24) is 14.5 Å². The first kappa shape index (κ1) is 22.6. The molecule has 2 aliphatic rings. The second kappa shape index (κ2) is 8.75. The van der Waals surface area contributed by atoms with Gasteiger partial charge in [0.1, 0.15) is 5.52 Å². The van der Waals surface area contributed by atoms with E-state index in [1.165, 1.54) is 10.6 Å². The number of aromatic nitrogens is 2. The fourth-order valence-corrected chi connectivity index (χ4v) is 4.36. The van der Waals surface area contributed by atoms with Gasteiger partial charge in [0.25, 0.3) is 5.91 Å². The van der Waals surface area contributed by atoms with Gasteiger partial charge < -0.3 is 14.2 Å². The van der Waals surface area contributed by atoms with Gasteiger partial charge in [-0.15, -0.1) is 0 Å². The van der Waals surface area contributed by atoms with Gasteiger partial charge in [-0.25, -0.2) is 4.98 Å². The van der Waals surface area contributed by atoms with Gasteiger partial charge in [0.15, 0.2) is 5.82 Å². The lowest BCUT2D eigenvalue weighted by molar-refractivity contribution is -0.145. The van der Waals surface area contributed by atoms with Gasteiger partial charge in [-0.2, -0.15) is 13.2 Å². The molecule has 0 N–H and O–H groups in total. The lowest BCUT2D eigenvalue weighted by Gasteiger charge is -2.31. The van der Waals surface area contributed by atoms with Crippen molar-refractivity contribution in [3.05, 3.63) is 29.1 Å². The summed E-state index contributed by atoms with van der Waals surface area (Å²) in [6.45, 7) is 3.22. The van der Waals surface area contributed by atoms with Crippen molar-refractivity contribution in [1.29, 1.82) is 0 Å². The Balaban J connectivity index is 1.52. The molecule has 32 heavy (non-hydrogen) atoms. The summed E-state index contributed by atoms with van der Waals surface area (Å²) >= 11 is 0. The van der Waals surface area contributed by atoms with E-state index < -0.39 is 11.7 Å². The maximum Gasteiger partial charge on any atom is 0.418 e. The molecular formula is C23H28F3N3O3. The number of ether oxygens (including phenoxy) is 1. The number of alkyl halides is 3. The van der Waals surface area contributed by atoms with Crippen LogP contribution in [0.3, 0.4) is 0 Å². The van der Waals surface area contributed by atoms with Crippen molar-refractivity contribution in [3.63, 3.8) is 0 Å². The molecule has 1 aliphatic carbocycles. The topological polar surface area (TPSA) is 64.4 Å². The fraction of sp³-hybridized carbons (Fsp3) is 0.609. The zero-order chi connectivity index (χ0) is 23.0. The summed E-state index contributed by atoms with van der Waals surface area (Å²) in [6, 6.07) is 2.92. The second-order valence-electron chi connectivity index (χ2n) is 8.86. The first-order valence-electron chi connectivity index (χ1n) is 11.2. The molecule has 1 aliphatic heterocycles. The van der Waals surface area contributed by atoms with Crippen molar-refractivity contribution in [2.24, 2.45) is 13.0 Å². The van der Waals surface area contributed by atoms with Gasteiger partial charge in [0, 0.05) is 26.6 Å². The first-order valence-corrected chi connectivity index (χ1v) is 11.2. The molecule has 4 rings (SSSR count). The van der Waals surface area contributed by atoms with Crippen LogP contribution in [0, 0.1) is 5.92 Å². The number of likely N-dealkylation sites (tertiary alicyclic amines) is 1. The summed E-state index contributed by atoms with van der Waals surface area (Å²) in [6.07, 6.45) is -0.376. The van der Waals surface area contributed by atoms with Crippen LogP contribution in [0.4, 0.5) is 13.2 Å². The number of hydrogen-bond donors (Lipinski definition) is 0. The molecule has 6 nitrogen and oxygen atoms in total. The standard InChI is InChI=1S/C23H28F3N3O3/c1-3-10-32-19(30)11-14-6-8-29(9-7-14)22(31)21-27-20-17(23(24,25)26)12-16(15-4-5-15)13-18(20)28(21)2/h12-15H,3-11H2,1-2H3. The molecular weight excluding hydrogens is 423 g/mol. The highest BCUT2D eigenvalue weighted by Gasteiger charge is 2.38. The summed E-state index contributed by atoms with van der Waals surface area (Å²) < 4.78 is 47.8. The van der Waals surface area contributed by atoms with Crippen LogP contribution in [0.5, 0.6) is 0 Å². The molecule has 0 unspecified atom stereocenters. The molecule has 2 fully saturated rings. The molecule has 174 valence electrons. The van der Waals surface area contributed by atoms with Crippen LogP contribution in [0.25, 0.3) is 11.0 Å². The van der Waals surface area contributed by atoms with E-state index in [2.05, 4.69) is 4.98 Å². The smallest absolute Gasteiger partial charge is 0.418 e. The Hall–Kier alpha value is -2.58. The van der Waals surface area contributed by atoms with Crippen molar-refractivity contribution in [3.8, 4) is 0 Å². The predicted octanol–water partition coefficient (Wildman–Crippen LogP) is 4.67. The molecule has 9 heteroatoms. The van der Waals surface area contributed by atoms with Crippen molar-refractivity contribution >= 4 is 22.9 Å².